The minimum Gasteiger partial charge on any atom is -0.282 e. The van der Waals surface area contributed by atoms with Gasteiger partial charge < -0.3 is 0 Å². The Morgan fingerprint density at radius 3 is 2.29 bits per heavy atom. The first-order valence-electron chi connectivity index (χ1n) is 5.01. The molecule has 0 spiro atoms. The summed E-state index contributed by atoms with van der Waals surface area (Å²) >= 11 is 0. The van der Waals surface area contributed by atoms with Crippen LogP contribution in [0.15, 0.2) is 53.7 Å². The fourth-order valence-electron chi connectivity index (χ4n) is 1.52. The maximum atomic E-state index is 10.8. The van der Waals surface area contributed by atoms with Crippen LogP contribution in [0, 0.1) is 0 Å². The average molecular weight is 249 g/mol. The van der Waals surface area contributed by atoms with Crippen molar-refractivity contribution in [3.63, 3.8) is 0 Å². The van der Waals surface area contributed by atoms with E-state index < -0.39 is 10.1 Å². The highest BCUT2D eigenvalue weighted by atomic mass is 32.2. The lowest BCUT2D eigenvalue weighted by Crippen LogP contribution is -1.98. The Kier molecular flexibility index (Phi) is 3.21. The van der Waals surface area contributed by atoms with Crippen molar-refractivity contribution in [2.24, 2.45) is 0 Å². The van der Waals surface area contributed by atoms with E-state index in [4.69, 9.17) is 4.55 Å². The van der Waals surface area contributed by atoms with Crippen molar-refractivity contribution in [1.29, 1.82) is 0 Å². The fourth-order valence-corrected chi connectivity index (χ4v) is 2.00. The molecule has 0 fully saturated rings. The van der Waals surface area contributed by atoms with Gasteiger partial charge in [-0.15, -0.1) is 0 Å². The van der Waals surface area contributed by atoms with E-state index in [1.54, 1.807) is 24.5 Å². The third-order valence-electron chi connectivity index (χ3n) is 2.35. The van der Waals surface area contributed by atoms with Crippen LogP contribution in [0.25, 0.3) is 0 Å². The van der Waals surface area contributed by atoms with Crippen LogP contribution in [-0.4, -0.2) is 18.0 Å². The van der Waals surface area contributed by atoms with E-state index in [9.17, 15) is 8.42 Å². The predicted molar refractivity (Wildman–Crippen MR) is 63.3 cm³/mol. The Morgan fingerprint density at radius 2 is 1.76 bits per heavy atom. The van der Waals surface area contributed by atoms with Crippen LogP contribution in [0.5, 0.6) is 0 Å². The molecule has 1 heterocycles. The topological polar surface area (TPSA) is 67.3 Å². The molecule has 0 unspecified atom stereocenters. The van der Waals surface area contributed by atoms with E-state index in [0.29, 0.717) is 6.42 Å². The number of rotatable bonds is 3. The number of pyridine rings is 1. The van der Waals surface area contributed by atoms with Gasteiger partial charge >= 0.3 is 0 Å². The van der Waals surface area contributed by atoms with Gasteiger partial charge in [0, 0.05) is 12.4 Å². The highest BCUT2D eigenvalue weighted by molar-refractivity contribution is 7.85. The summed E-state index contributed by atoms with van der Waals surface area (Å²) < 4.78 is 30.5. The maximum absolute atomic E-state index is 10.8. The molecule has 0 bridgehead atoms. The Labute approximate surface area is 99.7 Å². The molecule has 0 aliphatic carbocycles. The Bertz CT molecular complexity index is 591. The molecule has 0 saturated heterocycles. The highest BCUT2D eigenvalue weighted by Gasteiger charge is 2.08. The summed E-state index contributed by atoms with van der Waals surface area (Å²) in [6, 6.07) is 9.93. The van der Waals surface area contributed by atoms with E-state index in [-0.39, 0.29) is 4.90 Å². The molecule has 0 aliphatic rings. The molecular formula is C12H11NO3S. The zero-order valence-corrected chi connectivity index (χ0v) is 9.76. The minimum absolute atomic E-state index is 0.0903. The van der Waals surface area contributed by atoms with E-state index in [0.717, 1.165) is 11.1 Å². The van der Waals surface area contributed by atoms with E-state index >= 15 is 0 Å². The summed E-state index contributed by atoms with van der Waals surface area (Å²) in [5, 5.41) is 0. The van der Waals surface area contributed by atoms with E-state index in [1.165, 1.54) is 12.1 Å². The minimum atomic E-state index is -4.10. The first kappa shape index (κ1) is 11.8. The number of hydrogen-bond donors (Lipinski definition) is 1. The highest BCUT2D eigenvalue weighted by Crippen LogP contribution is 2.13. The molecule has 17 heavy (non-hydrogen) atoms. The smallest absolute Gasteiger partial charge is 0.282 e. The summed E-state index contributed by atoms with van der Waals surface area (Å²) in [6.45, 7) is 0. The fraction of sp³-hybridized carbons (Fsp3) is 0.0833. The molecule has 0 saturated carbocycles. The van der Waals surface area contributed by atoms with Gasteiger partial charge in [-0.05, 0) is 35.7 Å². The predicted octanol–water partition coefficient (Wildman–Crippen LogP) is 1.92. The molecule has 0 atom stereocenters. The van der Waals surface area contributed by atoms with Crippen molar-refractivity contribution < 1.29 is 13.0 Å². The third-order valence-corrected chi connectivity index (χ3v) is 3.22. The normalized spacial score (nSPS) is 11.4. The number of aromatic nitrogens is 1. The molecule has 1 aromatic heterocycles. The van der Waals surface area contributed by atoms with Crippen LogP contribution >= 0.6 is 0 Å². The number of benzene rings is 1. The lowest BCUT2D eigenvalue weighted by atomic mass is 10.1. The van der Waals surface area contributed by atoms with E-state index in [2.05, 4.69) is 4.98 Å². The molecule has 0 aliphatic heterocycles. The van der Waals surface area contributed by atoms with Crippen molar-refractivity contribution in [3.8, 4) is 0 Å². The van der Waals surface area contributed by atoms with Crippen molar-refractivity contribution in [1.82, 2.24) is 4.98 Å². The standard InChI is InChI=1S/C12H11NO3S/c14-17(15,16)12-5-3-10(4-6-12)8-11-2-1-7-13-9-11/h1-7,9H,8H2,(H,14,15,16). The van der Waals surface area contributed by atoms with Crippen molar-refractivity contribution >= 4 is 10.1 Å². The second kappa shape index (κ2) is 4.65. The summed E-state index contributed by atoms with van der Waals surface area (Å²) in [4.78, 5) is 3.91. The second-order valence-electron chi connectivity index (χ2n) is 3.66. The molecular weight excluding hydrogens is 238 g/mol. The molecule has 4 nitrogen and oxygen atoms in total. The first-order chi connectivity index (χ1) is 8.05. The van der Waals surface area contributed by atoms with Crippen LogP contribution < -0.4 is 0 Å². The van der Waals surface area contributed by atoms with Gasteiger partial charge in [-0.3, -0.25) is 9.54 Å². The van der Waals surface area contributed by atoms with Crippen LogP contribution in [0.2, 0.25) is 0 Å². The Morgan fingerprint density at radius 1 is 1.06 bits per heavy atom. The van der Waals surface area contributed by atoms with Gasteiger partial charge in [0.2, 0.25) is 0 Å². The van der Waals surface area contributed by atoms with Gasteiger partial charge in [-0.2, -0.15) is 8.42 Å². The summed E-state index contributed by atoms with van der Waals surface area (Å²) in [5.41, 5.74) is 2.01. The van der Waals surface area contributed by atoms with Crippen molar-refractivity contribution in [2.45, 2.75) is 11.3 Å². The lowest BCUT2D eigenvalue weighted by molar-refractivity contribution is 0.483. The Balaban J connectivity index is 2.20. The summed E-state index contributed by atoms with van der Waals surface area (Å²) in [5.74, 6) is 0. The quantitative estimate of drug-likeness (QED) is 0.844. The molecule has 0 radical (unpaired) electrons. The SMILES string of the molecule is O=S(=O)(O)c1ccc(Cc2cccnc2)cc1. The average Bonchev–Trinajstić information content (AvgIpc) is 2.30. The third kappa shape index (κ3) is 3.12. The van der Waals surface area contributed by atoms with Gasteiger partial charge in [0.25, 0.3) is 10.1 Å². The van der Waals surface area contributed by atoms with Gasteiger partial charge in [-0.1, -0.05) is 18.2 Å². The largest absolute Gasteiger partial charge is 0.294 e. The summed E-state index contributed by atoms with van der Waals surface area (Å²) in [6.07, 6.45) is 4.14. The van der Waals surface area contributed by atoms with Crippen molar-refractivity contribution in [3.05, 3.63) is 59.9 Å². The molecule has 88 valence electrons. The maximum Gasteiger partial charge on any atom is 0.294 e. The van der Waals surface area contributed by atoms with Crippen LogP contribution in [0.1, 0.15) is 11.1 Å². The zero-order chi connectivity index (χ0) is 12.3. The molecule has 0 amide bonds. The van der Waals surface area contributed by atoms with Gasteiger partial charge in [-0.25, -0.2) is 0 Å². The molecule has 1 aromatic carbocycles. The van der Waals surface area contributed by atoms with Crippen LogP contribution in [-0.2, 0) is 16.5 Å². The van der Waals surface area contributed by atoms with E-state index in [1.807, 2.05) is 12.1 Å². The molecule has 2 rings (SSSR count). The number of nitrogens with zero attached hydrogens (tertiary/aromatic N) is 1. The number of hydrogen-bond acceptors (Lipinski definition) is 3. The first-order valence-corrected chi connectivity index (χ1v) is 6.45. The van der Waals surface area contributed by atoms with Gasteiger partial charge in [0.05, 0.1) is 4.90 Å². The van der Waals surface area contributed by atoms with Gasteiger partial charge in [0.1, 0.15) is 0 Å². The molecule has 5 heteroatoms. The Hall–Kier alpha value is -1.72. The lowest BCUT2D eigenvalue weighted by Gasteiger charge is -2.02. The molecule has 1 N–H and O–H groups in total. The van der Waals surface area contributed by atoms with Crippen molar-refractivity contribution in [2.75, 3.05) is 0 Å². The van der Waals surface area contributed by atoms with Gasteiger partial charge in [0.15, 0.2) is 0 Å². The van der Waals surface area contributed by atoms with Crippen LogP contribution in [0.4, 0.5) is 0 Å². The zero-order valence-electron chi connectivity index (χ0n) is 8.95. The van der Waals surface area contributed by atoms with Crippen LogP contribution in [0.3, 0.4) is 0 Å². The summed E-state index contributed by atoms with van der Waals surface area (Å²) in [7, 11) is -4.10. The monoisotopic (exact) mass is 249 g/mol. The molecule has 2 aromatic rings. The second-order valence-corrected chi connectivity index (χ2v) is 5.08.